The fraction of sp³-hybridized carbons (Fsp3) is 0.552. The number of anilines is 4. The van der Waals surface area contributed by atoms with E-state index in [4.69, 9.17) is 28.5 Å². The second-order valence-corrected chi connectivity index (χ2v) is 27.4. The molecule has 5 fully saturated rings. The number of carbonyl (C=O) groups excluding carboxylic acids is 1. The molecule has 21 nitrogen and oxygen atoms in total. The molecule has 0 radical (unpaired) electrons. The third-order valence-corrected chi connectivity index (χ3v) is 20.9. The van der Waals surface area contributed by atoms with Gasteiger partial charge >= 0.3 is 7.82 Å². The highest BCUT2D eigenvalue weighted by atomic mass is 32.2. The zero-order chi connectivity index (χ0) is 56.8. The van der Waals surface area contributed by atoms with E-state index in [1.54, 1.807) is 19.2 Å². The summed E-state index contributed by atoms with van der Waals surface area (Å²) in [5, 5.41) is 16.7. The second kappa shape index (κ2) is 21.1. The van der Waals surface area contributed by atoms with E-state index in [1.165, 1.54) is 17.2 Å². The van der Waals surface area contributed by atoms with E-state index in [-0.39, 0.29) is 53.2 Å². The number of H-pyrrole nitrogens is 1. The Balaban J connectivity index is 0.818. The van der Waals surface area contributed by atoms with Crippen LogP contribution in [0.15, 0.2) is 77.8 Å². The van der Waals surface area contributed by atoms with Crippen molar-refractivity contribution in [1.29, 1.82) is 0 Å². The molecule has 1 spiro atoms. The minimum atomic E-state index is -4.79. The maximum atomic E-state index is 14.9. The largest absolute Gasteiger partial charge is 0.489 e. The minimum Gasteiger partial charge on any atom is -0.489 e. The van der Waals surface area contributed by atoms with Crippen LogP contribution in [0, 0.1) is 21.4 Å². The van der Waals surface area contributed by atoms with Gasteiger partial charge in [0.25, 0.3) is 21.6 Å². The zero-order valence-electron chi connectivity index (χ0n) is 46.5. The van der Waals surface area contributed by atoms with Crippen molar-refractivity contribution >= 4 is 63.2 Å². The molecule has 2 aliphatic carbocycles. The van der Waals surface area contributed by atoms with Gasteiger partial charge in [-0.25, -0.2) is 17.7 Å². The van der Waals surface area contributed by atoms with Gasteiger partial charge in [-0.1, -0.05) is 38.1 Å². The van der Waals surface area contributed by atoms with E-state index in [1.807, 2.05) is 31.4 Å². The first-order chi connectivity index (χ1) is 38.6. The van der Waals surface area contributed by atoms with E-state index in [2.05, 4.69) is 74.8 Å². The molecule has 5 N–H and O–H groups in total. The van der Waals surface area contributed by atoms with Gasteiger partial charge in [-0.15, -0.1) is 0 Å². The van der Waals surface area contributed by atoms with Crippen LogP contribution in [-0.2, 0) is 28.6 Å². The number of hydrogen-bond acceptors (Lipinski definition) is 16. The van der Waals surface area contributed by atoms with Crippen molar-refractivity contribution < 1.29 is 56.0 Å². The van der Waals surface area contributed by atoms with Crippen molar-refractivity contribution in [1.82, 2.24) is 19.6 Å². The molecule has 1 amide bonds. The molecule has 7 aliphatic rings. The highest BCUT2D eigenvalue weighted by Gasteiger charge is 2.52. The van der Waals surface area contributed by atoms with Gasteiger partial charge in [-0.2, -0.15) is 4.98 Å². The number of sulfonamides is 1. The molecule has 5 atom stereocenters. The van der Waals surface area contributed by atoms with Crippen LogP contribution in [0.1, 0.15) is 132 Å². The van der Waals surface area contributed by atoms with Crippen LogP contribution < -0.4 is 29.3 Å². The molecule has 5 aromatic rings. The van der Waals surface area contributed by atoms with Crippen molar-refractivity contribution in [2.45, 2.75) is 151 Å². The fourth-order valence-electron chi connectivity index (χ4n) is 14.4. The molecule has 2 aromatic heterocycles. The number of carbonyl (C=O) groups is 1. The van der Waals surface area contributed by atoms with Crippen molar-refractivity contribution in [3.05, 3.63) is 99.7 Å². The van der Waals surface area contributed by atoms with Crippen molar-refractivity contribution in [3.8, 4) is 11.6 Å². The highest BCUT2D eigenvalue weighted by Crippen LogP contribution is 2.56. The maximum Gasteiger partial charge on any atom is 0.470 e. The molecule has 12 rings (SSSR count). The number of aromatic nitrogens is 2. The monoisotopic (exact) mass is 1150 g/mol. The number of amides is 1. The quantitative estimate of drug-likeness (QED) is 0.0417. The summed E-state index contributed by atoms with van der Waals surface area (Å²) < 4.78 is 72.7. The summed E-state index contributed by atoms with van der Waals surface area (Å²) in [6.07, 6.45) is 9.75. The zero-order valence-corrected chi connectivity index (χ0v) is 48.2. The van der Waals surface area contributed by atoms with E-state index >= 15 is 0 Å². The lowest BCUT2D eigenvalue weighted by Gasteiger charge is -2.59. The topological polar surface area (TPSA) is 260 Å². The van der Waals surface area contributed by atoms with Crippen molar-refractivity contribution in [3.63, 3.8) is 0 Å². The number of nitrogens with one attached hydrogen (secondary N) is 3. The smallest absolute Gasteiger partial charge is 0.470 e. The van der Waals surface area contributed by atoms with Gasteiger partial charge < -0.3 is 48.8 Å². The summed E-state index contributed by atoms with van der Waals surface area (Å²) in [6.45, 7) is 11.6. The number of ether oxygens (including phenoxy) is 4. The first-order valence-corrected chi connectivity index (χ1v) is 31.5. The molecular formula is C58H73N8O13PS. The summed E-state index contributed by atoms with van der Waals surface area (Å²) in [6, 6.07) is 20.4. The lowest BCUT2D eigenvalue weighted by atomic mass is 9.59. The van der Waals surface area contributed by atoms with Crippen molar-refractivity contribution in [2.75, 3.05) is 61.7 Å². The van der Waals surface area contributed by atoms with E-state index in [0.717, 1.165) is 75.3 Å². The Kier molecular flexibility index (Phi) is 14.5. The highest BCUT2D eigenvalue weighted by molar-refractivity contribution is 7.90. The number of phosphoric acid groups is 1. The molecule has 23 heteroatoms. The van der Waals surface area contributed by atoms with Gasteiger partial charge in [-0.05, 0) is 143 Å². The normalized spacial score (nSPS) is 27.8. The van der Waals surface area contributed by atoms with Gasteiger partial charge in [0, 0.05) is 74.8 Å². The Morgan fingerprint density at radius 1 is 0.951 bits per heavy atom. The lowest BCUT2D eigenvalue weighted by molar-refractivity contribution is -0.384. The summed E-state index contributed by atoms with van der Waals surface area (Å²) in [5.74, 6) is -0.347. The predicted molar refractivity (Wildman–Crippen MR) is 304 cm³/mol. The average Bonchev–Trinajstić information content (AvgIpc) is 4.11. The first-order valence-electron chi connectivity index (χ1n) is 28.5. The fourth-order valence-corrected chi connectivity index (χ4v) is 16.1. The third kappa shape index (κ3) is 10.8. The summed E-state index contributed by atoms with van der Waals surface area (Å²) in [7, 11) is -7.68. The number of fused-ring (bicyclic) bond motifs is 4. The van der Waals surface area contributed by atoms with Gasteiger partial charge in [-0.3, -0.25) is 24.3 Å². The lowest BCUT2D eigenvalue weighted by Crippen LogP contribution is -2.60. The molecule has 3 saturated heterocycles. The Labute approximate surface area is 471 Å². The Hall–Kier alpha value is -5.84. The number of pyridine rings is 1. The molecule has 2 saturated carbocycles. The molecule has 0 unspecified atom stereocenters. The molecule has 81 heavy (non-hydrogen) atoms. The number of rotatable bonds is 13. The number of aromatic amines is 1. The number of piperidine rings is 2. The first kappa shape index (κ1) is 55.7. The number of nitro groups is 1. The van der Waals surface area contributed by atoms with Crippen molar-refractivity contribution in [2.24, 2.45) is 11.3 Å². The Morgan fingerprint density at radius 3 is 2.43 bits per heavy atom. The van der Waals surface area contributed by atoms with Gasteiger partial charge in [0.05, 0.1) is 51.0 Å². The van der Waals surface area contributed by atoms with E-state index < -0.39 is 57.0 Å². The number of hydrogen-bond donors (Lipinski definition) is 5. The number of methoxy groups -OCH3 is 1. The number of likely N-dealkylation sites (tertiary alicyclic amines) is 1. The molecule has 434 valence electrons. The van der Waals surface area contributed by atoms with Crippen LogP contribution >= 0.6 is 7.82 Å². The minimum absolute atomic E-state index is 0.00405. The second-order valence-electron chi connectivity index (χ2n) is 24.5. The summed E-state index contributed by atoms with van der Waals surface area (Å²) >= 11 is 0. The Morgan fingerprint density at radius 2 is 1.70 bits per heavy atom. The van der Waals surface area contributed by atoms with Crippen LogP contribution in [0.3, 0.4) is 0 Å². The van der Waals surface area contributed by atoms with Crippen LogP contribution in [0.2, 0.25) is 0 Å². The van der Waals surface area contributed by atoms with Crippen LogP contribution in [0.25, 0.3) is 11.0 Å². The molecule has 3 aromatic carbocycles. The predicted octanol–water partition coefficient (Wildman–Crippen LogP) is 9.62. The summed E-state index contributed by atoms with van der Waals surface area (Å²) in [5.41, 5.74) is 3.84. The van der Waals surface area contributed by atoms with E-state index in [9.17, 15) is 37.7 Å². The summed E-state index contributed by atoms with van der Waals surface area (Å²) in [4.78, 5) is 60.5. The van der Waals surface area contributed by atoms with Crippen LogP contribution in [0.4, 0.5) is 28.4 Å². The number of benzene rings is 3. The number of nitrogens with zero attached hydrogens (tertiary/aromatic N) is 5. The molecule has 7 heterocycles. The molecular weight excluding hydrogens is 1080 g/mol. The standard InChI is InChI=1S/C58H73N8O13PS/c1-35(2)41-8-6-7-9-42(41)45-14-19-57(4,75-5)34-64(45)39-30-58(31-39)20-23-63(24-21-58)38-10-11-43(47(27-38)65-46-16-25-76-33-51(46)78-55-49(65)26-37-15-22-59-53(37)61-55)54(67)62-81(73,74)40-28-48(66(68)69)52-50(29-40)77-32-44(60-52)36-12-17-56(3,18-13-36)79-80(70,71)72/h6-11,15,22,26-29,35-36,39,44-46,51,60H,12-14,16-21,23-25,30-34H2,1-5H3,(H,59,61)(H,62,67)(H2,70,71,72)/t36?,44-,45-,46-,51-,56?,57+/m0/s1. The molecule has 5 aliphatic heterocycles. The SMILES string of the molecule is CO[C@]1(C)CC[C@@H](c2ccccc2C(C)C)N(C2CC3(CCN(c4ccc(C(=O)NS(=O)(=O)c5cc6c(c([N+](=O)[O-])c5)N[C@H](C5CCC(C)(OP(=O)(O)O)CC5)CO6)c(N5c6cc7cc[nH]c7nc6O[C@H]6COCC[C@@H]65)c4)CC3)C2)C1. The maximum absolute atomic E-state index is 14.9. The van der Waals surface area contributed by atoms with Gasteiger partial charge in [0.15, 0.2) is 11.4 Å². The Bertz CT molecular complexity index is 3400. The molecule has 0 bridgehead atoms. The van der Waals surface area contributed by atoms with E-state index in [0.29, 0.717) is 79.6 Å². The number of phosphoric ester groups is 1. The third-order valence-electron chi connectivity index (χ3n) is 19.0. The van der Waals surface area contributed by atoms with Gasteiger partial charge in [0.2, 0.25) is 5.88 Å². The van der Waals surface area contributed by atoms with Crippen LogP contribution in [0.5, 0.6) is 11.6 Å². The average molecular weight is 1150 g/mol. The van der Waals surface area contributed by atoms with Crippen LogP contribution in [-0.4, -0.2) is 126 Å². The number of nitro benzene ring substituents is 1. The van der Waals surface area contributed by atoms with Gasteiger partial charge in [0.1, 0.15) is 24.0 Å².